The lowest BCUT2D eigenvalue weighted by Crippen LogP contribution is -2.16. The van der Waals surface area contributed by atoms with Crippen LogP contribution in [0.5, 0.6) is 0 Å². The molecule has 0 fully saturated rings. The minimum Gasteiger partial charge on any atom is -0.369 e. The third kappa shape index (κ3) is 7.26. The highest BCUT2D eigenvalue weighted by molar-refractivity contribution is 5.82. The molecule has 1 radical (unpaired) electrons. The first-order valence-corrected chi connectivity index (χ1v) is 2.11. The molecule has 1 amide bonds. The molecule has 0 saturated heterocycles. The maximum atomic E-state index is 11.2. The molecule has 53 valence electrons. The zero-order valence-electron chi connectivity index (χ0n) is 4.40. The third-order valence-corrected chi connectivity index (χ3v) is 0.535. The number of hydrogen-bond acceptors (Lipinski definition) is 1. The Morgan fingerprint density at radius 1 is 1.56 bits per heavy atom. The van der Waals surface area contributed by atoms with Gasteiger partial charge in [-0.15, -0.1) is 0 Å². The van der Waals surface area contributed by atoms with Crippen molar-refractivity contribution in [1.82, 2.24) is 0 Å². The topological polar surface area (TPSA) is 43.1 Å². The Labute approximate surface area is 49.8 Å². The molecule has 0 bridgehead atoms. The molecule has 0 saturated carbocycles. The van der Waals surface area contributed by atoms with Crippen LogP contribution in [-0.2, 0) is 4.79 Å². The van der Waals surface area contributed by atoms with Crippen molar-refractivity contribution < 1.29 is 18.0 Å². The first kappa shape index (κ1) is 8.26. The van der Waals surface area contributed by atoms with Crippen molar-refractivity contribution in [2.75, 3.05) is 0 Å². The molecule has 0 spiro atoms. The highest BCUT2D eigenvalue weighted by atomic mass is 19.4. The number of hydrogen-bond donors (Lipinski definition) is 1. The van der Waals surface area contributed by atoms with Gasteiger partial charge in [0.05, 0.1) is 12.8 Å². The predicted molar refractivity (Wildman–Crippen MR) is 24.2 cm³/mol. The summed E-state index contributed by atoms with van der Waals surface area (Å²) < 4.78 is 33.5. The van der Waals surface area contributed by atoms with E-state index in [1.54, 1.807) is 0 Å². The number of nitrogens with two attached hydrogens (primary N) is 1. The van der Waals surface area contributed by atoms with Gasteiger partial charge in [0, 0.05) is 0 Å². The van der Waals surface area contributed by atoms with Gasteiger partial charge in [0.1, 0.15) is 0 Å². The molecule has 0 unspecified atom stereocenters. The molecule has 0 heterocycles. The van der Waals surface area contributed by atoms with E-state index < -0.39 is 18.5 Å². The van der Waals surface area contributed by atoms with Crippen LogP contribution in [0, 0.1) is 6.42 Å². The highest BCUT2D eigenvalue weighted by Gasteiger charge is 2.27. The van der Waals surface area contributed by atoms with Gasteiger partial charge < -0.3 is 5.73 Å². The summed E-state index contributed by atoms with van der Waals surface area (Å²) in [5.74, 6) is -1.05. The number of alkyl halides is 3. The molecule has 0 aromatic rings. The summed E-state index contributed by atoms with van der Waals surface area (Å²) in [5, 5.41) is 0. The lowest BCUT2D eigenvalue weighted by molar-refractivity contribution is -0.134. The predicted octanol–water partition coefficient (Wildman–Crippen LogP) is 0.628. The van der Waals surface area contributed by atoms with E-state index in [0.29, 0.717) is 6.42 Å². The van der Waals surface area contributed by atoms with Crippen LogP contribution in [0.3, 0.4) is 0 Å². The SMILES string of the molecule is NC(=O)[CH]CC(F)(F)F. The van der Waals surface area contributed by atoms with Gasteiger partial charge in [-0.2, -0.15) is 13.2 Å². The summed E-state index contributed by atoms with van der Waals surface area (Å²) >= 11 is 0. The number of primary amides is 1. The van der Waals surface area contributed by atoms with Crippen molar-refractivity contribution in [3.05, 3.63) is 6.42 Å². The fourth-order valence-electron chi connectivity index (χ4n) is 0.216. The Balaban J connectivity index is 3.39. The Kier molecular flexibility index (Phi) is 2.48. The fourth-order valence-corrected chi connectivity index (χ4v) is 0.216. The van der Waals surface area contributed by atoms with Gasteiger partial charge in [0.2, 0.25) is 5.91 Å². The van der Waals surface area contributed by atoms with Crippen LogP contribution in [0.2, 0.25) is 0 Å². The maximum absolute atomic E-state index is 11.2. The summed E-state index contributed by atoms with van der Waals surface area (Å²) in [5.41, 5.74) is 4.41. The number of carbonyl (C=O) groups is 1. The molecule has 2 nitrogen and oxygen atoms in total. The van der Waals surface area contributed by atoms with E-state index in [9.17, 15) is 18.0 Å². The zero-order chi connectivity index (χ0) is 7.49. The van der Waals surface area contributed by atoms with Crippen LogP contribution in [0.1, 0.15) is 6.42 Å². The molecular weight excluding hydrogens is 135 g/mol. The molecule has 9 heavy (non-hydrogen) atoms. The largest absolute Gasteiger partial charge is 0.389 e. The number of rotatable bonds is 2. The van der Waals surface area contributed by atoms with Crippen molar-refractivity contribution in [2.24, 2.45) is 5.73 Å². The maximum Gasteiger partial charge on any atom is 0.389 e. The first-order chi connectivity index (χ1) is 3.92. The van der Waals surface area contributed by atoms with Gasteiger partial charge >= 0.3 is 6.18 Å². The summed E-state index contributed by atoms with van der Waals surface area (Å²) in [7, 11) is 0. The number of halogens is 3. The van der Waals surface area contributed by atoms with Gasteiger partial charge in [-0.1, -0.05) is 0 Å². The van der Waals surface area contributed by atoms with E-state index in [0.717, 1.165) is 0 Å². The molecule has 0 rings (SSSR count). The lowest BCUT2D eigenvalue weighted by Gasteiger charge is -2.01. The van der Waals surface area contributed by atoms with Crippen molar-refractivity contribution in [1.29, 1.82) is 0 Å². The highest BCUT2D eigenvalue weighted by Crippen LogP contribution is 2.20. The zero-order valence-corrected chi connectivity index (χ0v) is 4.40. The molecule has 0 aliphatic rings. The molecular formula is C4H5F3NO. The minimum atomic E-state index is -4.32. The molecule has 2 N–H and O–H groups in total. The van der Waals surface area contributed by atoms with Gasteiger partial charge in [-0.05, 0) is 0 Å². The van der Waals surface area contributed by atoms with Crippen LogP contribution in [0.4, 0.5) is 13.2 Å². The van der Waals surface area contributed by atoms with E-state index in [2.05, 4.69) is 5.73 Å². The average molecular weight is 140 g/mol. The van der Waals surface area contributed by atoms with Gasteiger partial charge in [0.15, 0.2) is 0 Å². The molecule has 0 aliphatic carbocycles. The van der Waals surface area contributed by atoms with Crippen molar-refractivity contribution in [3.63, 3.8) is 0 Å². The molecule has 0 aliphatic heterocycles. The van der Waals surface area contributed by atoms with E-state index in [4.69, 9.17) is 0 Å². The van der Waals surface area contributed by atoms with E-state index >= 15 is 0 Å². The monoisotopic (exact) mass is 140 g/mol. The second kappa shape index (κ2) is 2.70. The van der Waals surface area contributed by atoms with Crippen LogP contribution in [-0.4, -0.2) is 12.1 Å². The van der Waals surface area contributed by atoms with Crippen LogP contribution in [0.15, 0.2) is 0 Å². The second-order valence-electron chi connectivity index (χ2n) is 1.43. The summed E-state index contributed by atoms with van der Waals surface area (Å²) in [4.78, 5) is 9.71. The van der Waals surface area contributed by atoms with E-state index in [1.807, 2.05) is 0 Å². The van der Waals surface area contributed by atoms with Crippen LogP contribution < -0.4 is 5.73 Å². The Bertz CT molecular complexity index is 109. The van der Waals surface area contributed by atoms with E-state index in [-0.39, 0.29) is 0 Å². The van der Waals surface area contributed by atoms with Gasteiger partial charge in [-0.25, -0.2) is 0 Å². The van der Waals surface area contributed by atoms with Crippen molar-refractivity contribution >= 4 is 5.91 Å². The standard InChI is InChI=1S/C4H5F3NO/c5-4(6,7)2-1-3(8)9/h1H,2H2,(H2,8,9). The first-order valence-electron chi connectivity index (χ1n) is 2.11. The summed E-state index contributed by atoms with van der Waals surface area (Å²) in [6.07, 6.45) is -5.18. The molecule has 5 heteroatoms. The number of carbonyl (C=O) groups excluding carboxylic acids is 1. The van der Waals surface area contributed by atoms with Gasteiger partial charge in [0.25, 0.3) is 0 Å². The smallest absolute Gasteiger partial charge is 0.369 e. The Morgan fingerprint density at radius 2 is 2.00 bits per heavy atom. The lowest BCUT2D eigenvalue weighted by atomic mass is 10.3. The molecule has 0 atom stereocenters. The summed E-state index contributed by atoms with van der Waals surface area (Å²) in [6, 6.07) is 0. The molecule has 0 aromatic heterocycles. The van der Waals surface area contributed by atoms with Crippen molar-refractivity contribution in [2.45, 2.75) is 12.6 Å². The van der Waals surface area contributed by atoms with Crippen LogP contribution >= 0.6 is 0 Å². The second-order valence-corrected chi connectivity index (χ2v) is 1.43. The quantitative estimate of drug-likeness (QED) is 0.600. The number of amides is 1. The summed E-state index contributed by atoms with van der Waals surface area (Å²) in [6.45, 7) is 0. The van der Waals surface area contributed by atoms with Crippen LogP contribution in [0.25, 0.3) is 0 Å². The Hall–Kier alpha value is -0.740. The van der Waals surface area contributed by atoms with E-state index in [1.165, 1.54) is 0 Å². The van der Waals surface area contributed by atoms with Gasteiger partial charge in [-0.3, -0.25) is 4.79 Å². The Morgan fingerprint density at radius 3 is 2.11 bits per heavy atom. The fraction of sp³-hybridized carbons (Fsp3) is 0.500. The minimum absolute atomic E-state index is 0.389. The third-order valence-electron chi connectivity index (χ3n) is 0.535. The van der Waals surface area contributed by atoms with Crippen molar-refractivity contribution in [3.8, 4) is 0 Å². The average Bonchev–Trinajstić information content (AvgIpc) is 1.59. The molecule has 0 aromatic carbocycles. The normalized spacial score (nSPS) is 11.4.